The van der Waals surface area contributed by atoms with Crippen molar-refractivity contribution in [2.24, 2.45) is 11.7 Å². The number of benzene rings is 1. The molecule has 0 aliphatic carbocycles. The molecule has 1 atom stereocenters. The van der Waals surface area contributed by atoms with Crippen LogP contribution in [-0.2, 0) is 4.79 Å². The van der Waals surface area contributed by atoms with Gasteiger partial charge in [-0.1, -0.05) is 32.0 Å². The Morgan fingerprint density at radius 1 is 1.32 bits per heavy atom. The summed E-state index contributed by atoms with van der Waals surface area (Å²) in [4.78, 5) is 13.6. The topological polar surface area (TPSA) is 55.6 Å². The van der Waals surface area contributed by atoms with Gasteiger partial charge in [-0.05, 0) is 24.5 Å². The monoisotopic (exact) mass is 264 g/mol. The summed E-state index contributed by atoms with van der Waals surface area (Å²) in [6.07, 6.45) is 0.711. The number of ether oxygens (including phenoxy) is 1. The van der Waals surface area contributed by atoms with Gasteiger partial charge in [-0.2, -0.15) is 0 Å². The summed E-state index contributed by atoms with van der Waals surface area (Å²) < 4.78 is 5.55. The molecule has 0 radical (unpaired) electrons. The van der Waals surface area contributed by atoms with Gasteiger partial charge >= 0.3 is 0 Å². The summed E-state index contributed by atoms with van der Waals surface area (Å²) >= 11 is 0. The molecule has 1 aromatic rings. The number of nitrogens with two attached hydrogens (primary N) is 1. The van der Waals surface area contributed by atoms with E-state index in [0.29, 0.717) is 25.5 Å². The van der Waals surface area contributed by atoms with E-state index in [1.54, 1.807) is 11.9 Å². The number of carbonyl (C=O) groups is 1. The predicted octanol–water partition coefficient (Wildman–Crippen LogP) is 1.90. The summed E-state index contributed by atoms with van der Waals surface area (Å²) in [5, 5.41) is 0. The van der Waals surface area contributed by atoms with Crippen molar-refractivity contribution in [1.29, 1.82) is 0 Å². The molecule has 1 amide bonds. The highest BCUT2D eigenvalue weighted by molar-refractivity contribution is 5.81. The van der Waals surface area contributed by atoms with Gasteiger partial charge < -0.3 is 15.4 Å². The number of para-hydroxylation sites is 1. The average Bonchev–Trinajstić information content (AvgIpc) is 2.38. The minimum atomic E-state index is -0.415. The van der Waals surface area contributed by atoms with Gasteiger partial charge in [0.05, 0.1) is 12.6 Å². The summed E-state index contributed by atoms with van der Waals surface area (Å²) in [5.41, 5.74) is 5.87. The normalized spacial score (nSPS) is 12.3. The molecule has 0 saturated carbocycles. The maximum absolute atomic E-state index is 12.0. The molecule has 0 saturated heterocycles. The molecule has 2 N–H and O–H groups in total. The highest BCUT2D eigenvalue weighted by atomic mass is 16.5. The molecule has 4 heteroatoms. The van der Waals surface area contributed by atoms with Crippen LogP contribution in [0.25, 0.3) is 0 Å². The van der Waals surface area contributed by atoms with Crippen LogP contribution >= 0.6 is 0 Å². The van der Waals surface area contributed by atoms with Gasteiger partial charge in [0, 0.05) is 7.05 Å². The Kier molecular flexibility index (Phi) is 6.36. The molecule has 0 bridgehead atoms. The zero-order valence-corrected chi connectivity index (χ0v) is 12.0. The van der Waals surface area contributed by atoms with Crippen LogP contribution in [0.5, 0.6) is 5.75 Å². The Morgan fingerprint density at radius 2 is 1.95 bits per heavy atom. The smallest absolute Gasteiger partial charge is 0.239 e. The minimum absolute atomic E-state index is 0.0228. The third kappa shape index (κ3) is 5.75. The van der Waals surface area contributed by atoms with E-state index in [0.717, 1.165) is 5.75 Å². The van der Waals surface area contributed by atoms with Gasteiger partial charge in [0.15, 0.2) is 0 Å². The summed E-state index contributed by atoms with van der Waals surface area (Å²) in [6, 6.07) is 9.15. The molecule has 4 nitrogen and oxygen atoms in total. The van der Waals surface area contributed by atoms with Crippen molar-refractivity contribution in [2.75, 3.05) is 20.2 Å². The first-order chi connectivity index (χ1) is 9.00. The van der Waals surface area contributed by atoms with Crippen molar-refractivity contribution >= 4 is 5.91 Å². The molecular weight excluding hydrogens is 240 g/mol. The van der Waals surface area contributed by atoms with E-state index in [9.17, 15) is 4.79 Å². The lowest BCUT2D eigenvalue weighted by atomic mass is 10.0. The van der Waals surface area contributed by atoms with Crippen LogP contribution in [0.2, 0.25) is 0 Å². The molecule has 1 unspecified atom stereocenters. The second-order valence-electron chi connectivity index (χ2n) is 5.16. The Morgan fingerprint density at radius 3 is 2.53 bits per heavy atom. The van der Waals surface area contributed by atoms with E-state index in [-0.39, 0.29) is 5.91 Å². The van der Waals surface area contributed by atoms with Crippen LogP contribution in [0.1, 0.15) is 20.3 Å². The Labute approximate surface area is 115 Å². The van der Waals surface area contributed by atoms with E-state index < -0.39 is 6.04 Å². The van der Waals surface area contributed by atoms with Crippen LogP contribution < -0.4 is 10.5 Å². The Hall–Kier alpha value is -1.55. The zero-order chi connectivity index (χ0) is 14.3. The molecule has 106 valence electrons. The van der Waals surface area contributed by atoms with Crippen molar-refractivity contribution in [3.8, 4) is 5.75 Å². The summed E-state index contributed by atoms with van der Waals surface area (Å²) in [6.45, 7) is 5.14. The Balaban J connectivity index is 2.30. The lowest BCUT2D eigenvalue weighted by Gasteiger charge is -2.22. The first-order valence-corrected chi connectivity index (χ1v) is 6.69. The van der Waals surface area contributed by atoms with Crippen molar-refractivity contribution in [3.63, 3.8) is 0 Å². The molecule has 1 aromatic carbocycles. The number of likely N-dealkylation sites (N-methyl/N-ethyl adjacent to an activating group) is 1. The SMILES string of the molecule is CC(C)CC(N)C(=O)N(C)CCOc1ccccc1. The summed E-state index contributed by atoms with van der Waals surface area (Å²) in [5.74, 6) is 1.22. The van der Waals surface area contributed by atoms with Gasteiger partial charge in [0.1, 0.15) is 12.4 Å². The van der Waals surface area contributed by atoms with Gasteiger partial charge in [0.2, 0.25) is 5.91 Å². The highest BCUT2D eigenvalue weighted by Gasteiger charge is 2.18. The van der Waals surface area contributed by atoms with Gasteiger partial charge in [-0.3, -0.25) is 4.79 Å². The third-order valence-corrected chi connectivity index (χ3v) is 2.86. The number of amides is 1. The van der Waals surface area contributed by atoms with Crippen molar-refractivity contribution in [2.45, 2.75) is 26.3 Å². The molecule has 0 spiro atoms. The standard InChI is InChI=1S/C15H24N2O2/c1-12(2)11-14(16)15(18)17(3)9-10-19-13-7-5-4-6-8-13/h4-8,12,14H,9-11,16H2,1-3H3. The van der Waals surface area contributed by atoms with Crippen LogP contribution in [0.4, 0.5) is 0 Å². The van der Waals surface area contributed by atoms with Gasteiger partial charge in [-0.25, -0.2) is 0 Å². The van der Waals surface area contributed by atoms with Crippen molar-refractivity contribution in [3.05, 3.63) is 30.3 Å². The second-order valence-corrected chi connectivity index (χ2v) is 5.16. The van der Waals surface area contributed by atoms with Crippen LogP contribution in [-0.4, -0.2) is 37.0 Å². The van der Waals surface area contributed by atoms with Gasteiger partial charge in [-0.15, -0.1) is 0 Å². The molecule has 0 fully saturated rings. The fraction of sp³-hybridized carbons (Fsp3) is 0.533. The van der Waals surface area contributed by atoms with Gasteiger partial charge in [0.25, 0.3) is 0 Å². The van der Waals surface area contributed by atoms with E-state index in [4.69, 9.17) is 10.5 Å². The van der Waals surface area contributed by atoms with Crippen molar-refractivity contribution < 1.29 is 9.53 Å². The highest BCUT2D eigenvalue weighted by Crippen LogP contribution is 2.08. The molecule has 1 rings (SSSR count). The zero-order valence-electron chi connectivity index (χ0n) is 12.0. The number of hydrogen-bond acceptors (Lipinski definition) is 3. The van der Waals surface area contributed by atoms with E-state index in [1.165, 1.54) is 0 Å². The van der Waals surface area contributed by atoms with E-state index in [2.05, 4.69) is 13.8 Å². The molecule has 0 heterocycles. The number of hydrogen-bond donors (Lipinski definition) is 1. The average molecular weight is 264 g/mol. The lowest BCUT2D eigenvalue weighted by Crippen LogP contribution is -2.43. The first kappa shape index (κ1) is 15.5. The molecule has 0 aliphatic rings. The maximum Gasteiger partial charge on any atom is 0.239 e. The fourth-order valence-electron chi connectivity index (χ4n) is 1.82. The third-order valence-electron chi connectivity index (χ3n) is 2.86. The molecule has 0 aliphatic heterocycles. The Bertz CT molecular complexity index is 379. The lowest BCUT2D eigenvalue weighted by molar-refractivity contribution is -0.131. The number of rotatable bonds is 7. The van der Waals surface area contributed by atoms with Crippen LogP contribution in [0.15, 0.2) is 30.3 Å². The quantitative estimate of drug-likeness (QED) is 0.818. The number of carbonyl (C=O) groups excluding carboxylic acids is 1. The van der Waals surface area contributed by atoms with E-state index in [1.807, 2.05) is 30.3 Å². The first-order valence-electron chi connectivity index (χ1n) is 6.69. The fourth-order valence-corrected chi connectivity index (χ4v) is 1.82. The predicted molar refractivity (Wildman–Crippen MR) is 77.0 cm³/mol. The van der Waals surface area contributed by atoms with E-state index >= 15 is 0 Å². The second kappa shape index (κ2) is 7.79. The summed E-state index contributed by atoms with van der Waals surface area (Å²) in [7, 11) is 1.76. The largest absolute Gasteiger partial charge is 0.492 e. The molecule has 0 aromatic heterocycles. The minimum Gasteiger partial charge on any atom is -0.492 e. The number of nitrogens with zero attached hydrogens (tertiary/aromatic N) is 1. The van der Waals surface area contributed by atoms with Crippen LogP contribution in [0, 0.1) is 5.92 Å². The molecule has 19 heavy (non-hydrogen) atoms. The molecular formula is C15H24N2O2. The van der Waals surface area contributed by atoms with Crippen molar-refractivity contribution in [1.82, 2.24) is 4.90 Å². The maximum atomic E-state index is 12.0. The van der Waals surface area contributed by atoms with Crippen LogP contribution in [0.3, 0.4) is 0 Å².